The molecule has 0 saturated carbocycles. The SMILES string of the molecule is C/C=C(\OC(=O)c1ccc(Cl)cc1)P(=O)(OC)OC. The Hall–Kier alpha value is -1.13. The molecule has 0 N–H and O–H groups in total. The number of benzene rings is 1. The Morgan fingerprint density at radius 1 is 1.21 bits per heavy atom. The average Bonchev–Trinajstić information content (AvgIpc) is 2.44. The number of carbonyl (C=O) groups excluding carboxylic acids is 1. The molecule has 1 rings (SSSR count). The summed E-state index contributed by atoms with van der Waals surface area (Å²) in [5, 5.41) is 0.502. The summed E-state index contributed by atoms with van der Waals surface area (Å²) < 4.78 is 26.7. The molecule has 1 aromatic carbocycles. The van der Waals surface area contributed by atoms with Gasteiger partial charge >= 0.3 is 13.6 Å². The van der Waals surface area contributed by atoms with Gasteiger partial charge in [0, 0.05) is 19.2 Å². The number of allylic oxidation sites excluding steroid dienone is 1. The van der Waals surface area contributed by atoms with Crippen LogP contribution < -0.4 is 0 Å². The van der Waals surface area contributed by atoms with E-state index >= 15 is 0 Å². The number of esters is 1. The van der Waals surface area contributed by atoms with E-state index in [0.717, 1.165) is 0 Å². The zero-order valence-electron chi connectivity index (χ0n) is 10.8. The molecule has 104 valence electrons. The minimum atomic E-state index is -3.58. The minimum absolute atomic E-state index is 0.155. The molecule has 0 heterocycles. The fourth-order valence-corrected chi connectivity index (χ4v) is 2.41. The van der Waals surface area contributed by atoms with Crippen molar-refractivity contribution in [2.45, 2.75) is 6.92 Å². The summed E-state index contributed by atoms with van der Waals surface area (Å²) in [7, 11) is -1.16. The Morgan fingerprint density at radius 3 is 2.16 bits per heavy atom. The van der Waals surface area contributed by atoms with Crippen molar-refractivity contribution in [2.24, 2.45) is 0 Å². The molecule has 0 amide bonds. The van der Waals surface area contributed by atoms with Gasteiger partial charge in [-0.05, 0) is 37.3 Å². The van der Waals surface area contributed by atoms with Gasteiger partial charge in [0.15, 0.2) is 0 Å². The van der Waals surface area contributed by atoms with Crippen molar-refractivity contribution >= 4 is 25.2 Å². The molecule has 1 aromatic rings. The van der Waals surface area contributed by atoms with Gasteiger partial charge in [0.2, 0.25) is 5.50 Å². The smallest absolute Gasteiger partial charge is 0.395 e. The fourth-order valence-electron chi connectivity index (χ4n) is 1.27. The molecule has 0 bridgehead atoms. The molecule has 0 saturated heterocycles. The maximum Gasteiger partial charge on any atom is 0.395 e. The minimum Gasteiger partial charge on any atom is -0.415 e. The highest BCUT2D eigenvalue weighted by Gasteiger charge is 2.31. The monoisotopic (exact) mass is 304 g/mol. The summed E-state index contributed by atoms with van der Waals surface area (Å²) in [6, 6.07) is 6.12. The average molecular weight is 305 g/mol. The lowest BCUT2D eigenvalue weighted by atomic mass is 10.2. The van der Waals surface area contributed by atoms with Gasteiger partial charge < -0.3 is 13.8 Å². The van der Waals surface area contributed by atoms with Crippen molar-refractivity contribution in [1.29, 1.82) is 0 Å². The molecule has 19 heavy (non-hydrogen) atoms. The van der Waals surface area contributed by atoms with Crippen molar-refractivity contribution in [1.82, 2.24) is 0 Å². The van der Waals surface area contributed by atoms with Gasteiger partial charge in [0.1, 0.15) is 0 Å². The van der Waals surface area contributed by atoms with Crippen molar-refractivity contribution in [3.8, 4) is 0 Å². The third kappa shape index (κ3) is 3.91. The van der Waals surface area contributed by atoms with Gasteiger partial charge in [-0.25, -0.2) is 4.79 Å². The first-order valence-corrected chi connectivity index (χ1v) is 7.25. The highest BCUT2D eigenvalue weighted by atomic mass is 35.5. The second-order valence-electron chi connectivity index (χ2n) is 3.39. The van der Waals surface area contributed by atoms with Crippen molar-refractivity contribution in [3.05, 3.63) is 46.4 Å². The Kier molecular flexibility index (Phi) is 5.76. The number of carbonyl (C=O) groups is 1. The predicted molar refractivity (Wildman–Crippen MR) is 72.2 cm³/mol. The number of rotatable bonds is 5. The summed E-state index contributed by atoms with van der Waals surface area (Å²) in [6.07, 6.45) is 1.36. The van der Waals surface area contributed by atoms with E-state index in [1.54, 1.807) is 19.1 Å². The van der Waals surface area contributed by atoms with Crippen LogP contribution in [0.25, 0.3) is 0 Å². The number of hydrogen-bond donors (Lipinski definition) is 0. The van der Waals surface area contributed by atoms with E-state index in [1.165, 1.54) is 32.4 Å². The van der Waals surface area contributed by atoms with Crippen LogP contribution in [-0.2, 0) is 18.3 Å². The molecule has 0 aliphatic heterocycles. The van der Waals surface area contributed by atoms with Crippen molar-refractivity contribution in [2.75, 3.05) is 14.2 Å². The van der Waals surface area contributed by atoms with Gasteiger partial charge in [-0.15, -0.1) is 0 Å². The van der Waals surface area contributed by atoms with Crippen LogP contribution in [-0.4, -0.2) is 20.2 Å². The topological polar surface area (TPSA) is 61.8 Å². The molecule has 0 radical (unpaired) electrons. The van der Waals surface area contributed by atoms with Gasteiger partial charge in [0.25, 0.3) is 0 Å². The quantitative estimate of drug-likeness (QED) is 0.470. The zero-order valence-corrected chi connectivity index (χ0v) is 12.4. The molecule has 5 nitrogen and oxygen atoms in total. The summed E-state index contributed by atoms with van der Waals surface area (Å²) in [4.78, 5) is 11.9. The normalized spacial score (nSPS) is 12.3. The Balaban J connectivity index is 2.91. The Labute approximate surface area is 116 Å². The summed E-state index contributed by atoms with van der Waals surface area (Å²) in [5.74, 6) is -0.668. The first kappa shape index (κ1) is 15.9. The largest absolute Gasteiger partial charge is 0.415 e. The van der Waals surface area contributed by atoms with E-state index in [1.807, 2.05) is 0 Å². The van der Waals surface area contributed by atoms with Crippen LogP contribution in [0.5, 0.6) is 0 Å². The molecule has 0 spiro atoms. The molecule has 0 fully saturated rings. The van der Waals surface area contributed by atoms with Gasteiger partial charge in [0.05, 0.1) is 5.56 Å². The Morgan fingerprint density at radius 2 is 1.74 bits per heavy atom. The van der Waals surface area contributed by atoms with Crippen LogP contribution in [0.1, 0.15) is 17.3 Å². The van der Waals surface area contributed by atoms with Gasteiger partial charge in [-0.3, -0.25) is 4.57 Å². The molecule has 0 atom stereocenters. The highest BCUT2D eigenvalue weighted by Crippen LogP contribution is 2.55. The lowest BCUT2D eigenvalue weighted by molar-refractivity contribution is 0.0631. The fraction of sp³-hybridized carbons (Fsp3) is 0.250. The van der Waals surface area contributed by atoms with E-state index in [0.29, 0.717) is 5.02 Å². The molecular weight excluding hydrogens is 291 g/mol. The van der Waals surface area contributed by atoms with Crippen LogP contribution in [0.3, 0.4) is 0 Å². The van der Waals surface area contributed by atoms with E-state index in [4.69, 9.17) is 25.4 Å². The van der Waals surface area contributed by atoms with Gasteiger partial charge in [-0.1, -0.05) is 11.6 Å². The number of ether oxygens (including phenoxy) is 1. The molecule has 0 aliphatic rings. The maximum atomic E-state index is 12.1. The molecule has 7 heteroatoms. The standard InChI is InChI=1S/C12H14ClO5P/c1-4-11(19(15,16-2)17-3)18-12(14)9-5-7-10(13)8-6-9/h4-8H,1-3H3/b11-4+. The highest BCUT2D eigenvalue weighted by molar-refractivity contribution is 7.58. The van der Waals surface area contributed by atoms with Gasteiger partial charge in [-0.2, -0.15) is 0 Å². The van der Waals surface area contributed by atoms with Crippen LogP contribution >= 0.6 is 19.2 Å². The lowest BCUT2D eigenvalue weighted by Crippen LogP contribution is -2.07. The van der Waals surface area contributed by atoms with E-state index in [9.17, 15) is 9.36 Å². The van der Waals surface area contributed by atoms with E-state index in [2.05, 4.69) is 0 Å². The third-order valence-electron chi connectivity index (χ3n) is 2.27. The molecule has 0 aliphatic carbocycles. The first-order valence-electron chi connectivity index (χ1n) is 5.33. The summed E-state index contributed by atoms with van der Waals surface area (Å²) in [5.41, 5.74) is 0.125. The Bertz CT molecular complexity index is 515. The summed E-state index contributed by atoms with van der Waals surface area (Å²) in [6.45, 7) is 1.56. The number of halogens is 1. The third-order valence-corrected chi connectivity index (χ3v) is 4.38. The van der Waals surface area contributed by atoms with E-state index in [-0.39, 0.29) is 11.1 Å². The molecule has 0 aromatic heterocycles. The van der Waals surface area contributed by atoms with Crippen LogP contribution in [0.15, 0.2) is 35.8 Å². The van der Waals surface area contributed by atoms with Crippen LogP contribution in [0.2, 0.25) is 5.02 Å². The lowest BCUT2D eigenvalue weighted by Gasteiger charge is -2.16. The van der Waals surface area contributed by atoms with Crippen molar-refractivity contribution in [3.63, 3.8) is 0 Å². The molecule has 0 unspecified atom stereocenters. The maximum absolute atomic E-state index is 12.1. The number of hydrogen-bond acceptors (Lipinski definition) is 5. The van der Waals surface area contributed by atoms with Crippen LogP contribution in [0.4, 0.5) is 0 Å². The second kappa shape index (κ2) is 6.87. The van der Waals surface area contributed by atoms with E-state index < -0.39 is 13.6 Å². The second-order valence-corrected chi connectivity index (χ2v) is 5.99. The zero-order chi connectivity index (χ0) is 14.5. The predicted octanol–water partition coefficient (Wildman–Crippen LogP) is 3.84. The molecular formula is C12H14ClO5P. The first-order chi connectivity index (χ1) is 8.96. The van der Waals surface area contributed by atoms with Crippen LogP contribution in [0, 0.1) is 0 Å². The summed E-state index contributed by atoms with van der Waals surface area (Å²) >= 11 is 5.72. The van der Waals surface area contributed by atoms with Crippen molar-refractivity contribution < 1.29 is 23.1 Å².